The zero-order valence-electron chi connectivity index (χ0n) is 13.9. The summed E-state index contributed by atoms with van der Waals surface area (Å²) in [6.45, 7) is 0. The summed E-state index contributed by atoms with van der Waals surface area (Å²) in [6.07, 6.45) is -6.74. The van der Waals surface area contributed by atoms with Gasteiger partial charge >= 0.3 is 30.0 Å². The van der Waals surface area contributed by atoms with Gasteiger partial charge in [0.15, 0.2) is 0 Å². The number of hydrogen-bond donors (Lipinski definition) is 0. The monoisotopic (exact) mass is 424 g/mol. The molecule has 0 aromatic heterocycles. The number of carbonyl (C=O) groups excluding carboxylic acids is 2. The Morgan fingerprint density at radius 3 is 1.93 bits per heavy atom. The van der Waals surface area contributed by atoms with Crippen LogP contribution in [0.4, 0.5) is 41.2 Å². The van der Waals surface area contributed by atoms with E-state index in [1.165, 1.54) is 7.11 Å². The topological polar surface area (TPSA) is 49.9 Å². The number of alkyl halides is 7. The van der Waals surface area contributed by atoms with Gasteiger partial charge in [0.05, 0.1) is 17.8 Å². The van der Waals surface area contributed by atoms with Crippen LogP contribution in [0.25, 0.3) is 0 Å². The molecule has 27 heavy (non-hydrogen) atoms. The molecule has 0 saturated heterocycles. The van der Waals surface area contributed by atoms with Crippen LogP contribution >= 0.6 is 11.6 Å². The molecule has 0 unspecified atom stereocenters. The van der Waals surface area contributed by atoms with Crippen molar-refractivity contribution in [2.24, 2.45) is 0 Å². The van der Waals surface area contributed by atoms with Crippen LogP contribution in [0.3, 0.4) is 0 Å². The number of amides is 3. The molecule has 0 radical (unpaired) electrons. The Hall–Kier alpha value is -2.24. The van der Waals surface area contributed by atoms with Crippen molar-refractivity contribution < 1.29 is 45.1 Å². The van der Waals surface area contributed by atoms with E-state index >= 15 is 0 Å². The number of carbonyl (C=O) groups is 2. The number of rotatable bonds is 4. The summed E-state index contributed by atoms with van der Waals surface area (Å²) in [5, 5.41) is -0.315. The van der Waals surface area contributed by atoms with E-state index in [-0.39, 0.29) is 10.8 Å². The number of urea groups is 1. The summed E-state index contributed by atoms with van der Waals surface area (Å²) >= 11 is 5.74. The minimum absolute atomic E-state index is 0.0301. The Bertz CT molecular complexity index is 738. The molecule has 1 rings (SSSR count). The molecule has 0 heterocycles. The van der Waals surface area contributed by atoms with E-state index < -0.39 is 40.5 Å². The predicted octanol–water partition coefficient (Wildman–Crippen LogP) is 4.20. The Kier molecular flexibility index (Phi) is 6.26. The van der Waals surface area contributed by atoms with Crippen LogP contribution < -0.4 is 9.64 Å². The molecule has 0 N–H and O–H groups in total. The molecule has 13 heteroatoms. The number of imide groups is 1. The second-order valence-corrected chi connectivity index (χ2v) is 5.69. The second kappa shape index (κ2) is 7.41. The minimum Gasteiger partial charge on any atom is -0.495 e. The average molecular weight is 425 g/mol. The molecule has 1 aromatic carbocycles. The van der Waals surface area contributed by atoms with Gasteiger partial charge in [0.2, 0.25) is 0 Å². The second-order valence-electron chi connectivity index (χ2n) is 5.28. The highest BCUT2D eigenvalue weighted by Crippen LogP contribution is 2.47. The van der Waals surface area contributed by atoms with Crippen molar-refractivity contribution >= 4 is 29.2 Å². The van der Waals surface area contributed by atoms with Gasteiger partial charge in [-0.05, 0) is 18.2 Å². The molecular weight excluding hydrogens is 413 g/mol. The lowest BCUT2D eigenvalue weighted by atomic mass is 10.1. The Labute approximate surface area is 153 Å². The summed E-state index contributed by atoms with van der Waals surface area (Å²) < 4.78 is 95.8. The molecule has 1 aromatic rings. The van der Waals surface area contributed by atoms with E-state index in [4.69, 9.17) is 16.3 Å². The van der Waals surface area contributed by atoms with Crippen molar-refractivity contribution in [2.45, 2.75) is 18.0 Å². The standard InChI is InChI=1S/C14H12ClF7N2O3/c1-23(2)11(26)24(7-4-5-9(27-3)8(15)6-7)10(25)12(16,17)13(18,19)14(20,21)22/h4-6H,1-3H3. The molecule has 0 aliphatic heterocycles. The average Bonchev–Trinajstić information content (AvgIpc) is 2.53. The molecule has 0 aliphatic carbocycles. The van der Waals surface area contributed by atoms with Crippen LogP contribution in [0, 0.1) is 0 Å². The van der Waals surface area contributed by atoms with Gasteiger partial charge in [0, 0.05) is 14.1 Å². The van der Waals surface area contributed by atoms with Crippen molar-refractivity contribution in [2.75, 3.05) is 26.1 Å². The summed E-state index contributed by atoms with van der Waals surface area (Å²) in [5.74, 6) is -16.1. The predicted molar refractivity (Wildman–Crippen MR) is 80.5 cm³/mol. The number of benzene rings is 1. The van der Waals surface area contributed by atoms with Gasteiger partial charge in [0.1, 0.15) is 5.75 Å². The van der Waals surface area contributed by atoms with E-state index in [1.54, 1.807) is 0 Å². The third-order valence-electron chi connectivity index (χ3n) is 3.19. The van der Waals surface area contributed by atoms with Gasteiger partial charge in [-0.25, -0.2) is 9.69 Å². The SMILES string of the molecule is COc1ccc(N(C(=O)N(C)C)C(=O)C(F)(F)C(F)(F)C(F)(F)F)cc1Cl. The molecule has 0 saturated carbocycles. The van der Waals surface area contributed by atoms with Gasteiger partial charge in [-0.3, -0.25) is 4.79 Å². The largest absolute Gasteiger partial charge is 0.495 e. The number of halogens is 8. The quantitative estimate of drug-likeness (QED) is 0.681. The first kappa shape index (κ1) is 22.8. The van der Waals surface area contributed by atoms with E-state index in [9.17, 15) is 40.3 Å². The van der Waals surface area contributed by atoms with Crippen LogP contribution in [0.1, 0.15) is 0 Å². The molecule has 0 atom stereocenters. The molecule has 0 aliphatic rings. The summed E-state index contributed by atoms with van der Waals surface area (Å²) in [4.78, 5) is 24.0. The van der Waals surface area contributed by atoms with E-state index in [1.807, 2.05) is 0 Å². The van der Waals surface area contributed by atoms with Crippen molar-refractivity contribution in [3.63, 3.8) is 0 Å². The Morgan fingerprint density at radius 2 is 1.56 bits per heavy atom. The molecule has 0 bridgehead atoms. The first-order valence-corrected chi connectivity index (χ1v) is 7.19. The van der Waals surface area contributed by atoms with Crippen LogP contribution in [0.15, 0.2) is 18.2 Å². The highest BCUT2D eigenvalue weighted by molar-refractivity contribution is 6.32. The lowest BCUT2D eigenvalue weighted by molar-refractivity contribution is -0.343. The third kappa shape index (κ3) is 4.04. The summed E-state index contributed by atoms with van der Waals surface area (Å²) in [5.41, 5.74) is -0.762. The number of methoxy groups -OCH3 is 1. The molecule has 152 valence electrons. The van der Waals surface area contributed by atoms with Gasteiger partial charge in [-0.2, -0.15) is 30.7 Å². The Morgan fingerprint density at radius 1 is 1.04 bits per heavy atom. The van der Waals surface area contributed by atoms with Crippen LogP contribution in [-0.2, 0) is 4.79 Å². The van der Waals surface area contributed by atoms with Gasteiger partial charge < -0.3 is 9.64 Å². The zero-order valence-corrected chi connectivity index (χ0v) is 14.6. The molecule has 0 spiro atoms. The number of nitrogens with zero attached hydrogens (tertiary/aromatic N) is 2. The van der Waals surface area contributed by atoms with Crippen molar-refractivity contribution in [1.29, 1.82) is 0 Å². The lowest BCUT2D eigenvalue weighted by Crippen LogP contribution is -2.62. The maximum absolute atomic E-state index is 13.8. The third-order valence-corrected chi connectivity index (χ3v) is 3.48. The fraction of sp³-hybridized carbons (Fsp3) is 0.429. The van der Waals surface area contributed by atoms with E-state index in [0.717, 1.165) is 32.3 Å². The normalized spacial score (nSPS) is 12.6. The smallest absolute Gasteiger partial charge is 0.460 e. The zero-order chi connectivity index (χ0) is 21.4. The van der Waals surface area contributed by atoms with E-state index in [2.05, 4.69) is 0 Å². The van der Waals surface area contributed by atoms with E-state index in [0.29, 0.717) is 4.90 Å². The van der Waals surface area contributed by atoms with Gasteiger partial charge in [0.25, 0.3) is 0 Å². The van der Waals surface area contributed by atoms with Crippen molar-refractivity contribution in [3.05, 3.63) is 23.2 Å². The van der Waals surface area contributed by atoms with Crippen molar-refractivity contribution in [3.8, 4) is 5.75 Å². The fourth-order valence-electron chi connectivity index (χ4n) is 1.76. The molecule has 0 fully saturated rings. The summed E-state index contributed by atoms with van der Waals surface area (Å²) in [6, 6.07) is 0.938. The summed E-state index contributed by atoms with van der Waals surface area (Å²) in [7, 11) is 3.11. The Balaban J connectivity index is 3.56. The van der Waals surface area contributed by atoms with Gasteiger partial charge in [-0.15, -0.1) is 0 Å². The highest BCUT2D eigenvalue weighted by Gasteiger charge is 2.77. The van der Waals surface area contributed by atoms with Gasteiger partial charge in [-0.1, -0.05) is 11.6 Å². The highest BCUT2D eigenvalue weighted by atomic mass is 35.5. The maximum Gasteiger partial charge on any atom is 0.460 e. The molecule has 3 amide bonds. The number of anilines is 1. The minimum atomic E-state index is -6.74. The maximum atomic E-state index is 13.8. The lowest BCUT2D eigenvalue weighted by Gasteiger charge is -2.32. The first-order valence-electron chi connectivity index (χ1n) is 6.81. The number of hydrogen-bond acceptors (Lipinski definition) is 3. The molecule has 5 nitrogen and oxygen atoms in total. The van der Waals surface area contributed by atoms with Crippen molar-refractivity contribution in [1.82, 2.24) is 4.90 Å². The first-order chi connectivity index (χ1) is 12.1. The fourth-order valence-corrected chi connectivity index (χ4v) is 2.01. The van der Waals surface area contributed by atoms with Crippen LogP contribution in [0.2, 0.25) is 5.02 Å². The van der Waals surface area contributed by atoms with Crippen LogP contribution in [0.5, 0.6) is 5.75 Å². The number of ether oxygens (including phenoxy) is 1. The molecular formula is C14H12ClF7N2O3. The van der Waals surface area contributed by atoms with Crippen LogP contribution in [-0.4, -0.2) is 56.1 Å².